The molecule has 1 N–H and O–H groups in total. The molecule has 0 saturated carbocycles. The number of non-ortho nitro benzene ring substituents is 1. The lowest BCUT2D eigenvalue weighted by Crippen LogP contribution is -2.18. The van der Waals surface area contributed by atoms with E-state index in [-0.39, 0.29) is 10.6 Å². The first-order chi connectivity index (χ1) is 10.0. The second-order valence-electron chi connectivity index (χ2n) is 5.31. The summed E-state index contributed by atoms with van der Waals surface area (Å²) in [6, 6.07) is 7.15. The largest absolute Gasteiger partial charge is 0.382 e. The summed E-state index contributed by atoms with van der Waals surface area (Å²) in [7, 11) is 0. The number of pyridine rings is 1. The first-order valence-electron chi connectivity index (χ1n) is 7.37. The van der Waals surface area contributed by atoms with Gasteiger partial charge in [-0.3, -0.25) is 15.1 Å². The van der Waals surface area contributed by atoms with Gasteiger partial charge in [0, 0.05) is 34.9 Å². The fourth-order valence-electron chi connectivity index (χ4n) is 2.53. The predicted octanol–water partition coefficient (Wildman–Crippen LogP) is 4.44. The average molecular weight is 287 g/mol. The van der Waals surface area contributed by atoms with Crippen molar-refractivity contribution in [3.63, 3.8) is 0 Å². The third kappa shape index (κ3) is 3.48. The van der Waals surface area contributed by atoms with E-state index in [2.05, 4.69) is 24.1 Å². The van der Waals surface area contributed by atoms with Gasteiger partial charge in [-0.05, 0) is 31.9 Å². The van der Waals surface area contributed by atoms with Crippen molar-refractivity contribution in [2.45, 2.75) is 46.1 Å². The van der Waals surface area contributed by atoms with E-state index < -0.39 is 0 Å². The van der Waals surface area contributed by atoms with Crippen LogP contribution >= 0.6 is 0 Å². The number of aromatic nitrogens is 1. The summed E-state index contributed by atoms with van der Waals surface area (Å²) < 4.78 is 0. The van der Waals surface area contributed by atoms with Gasteiger partial charge in [0.25, 0.3) is 5.69 Å². The van der Waals surface area contributed by atoms with Crippen LogP contribution in [0.1, 0.15) is 38.8 Å². The zero-order valence-electron chi connectivity index (χ0n) is 12.7. The summed E-state index contributed by atoms with van der Waals surface area (Å²) in [5.74, 6) is 0. The van der Waals surface area contributed by atoms with Crippen molar-refractivity contribution >= 4 is 22.3 Å². The highest BCUT2D eigenvalue weighted by Crippen LogP contribution is 2.28. The van der Waals surface area contributed by atoms with Gasteiger partial charge in [-0.2, -0.15) is 0 Å². The number of benzene rings is 1. The Morgan fingerprint density at radius 3 is 2.71 bits per heavy atom. The third-order valence-corrected chi connectivity index (χ3v) is 3.62. The molecule has 5 heteroatoms. The molecule has 5 nitrogen and oxygen atoms in total. The highest BCUT2D eigenvalue weighted by atomic mass is 16.6. The van der Waals surface area contributed by atoms with Crippen molar-refractivity contribution in [3.8, 4) is 0 Å². The first kappa shape index (κ1) is 15.2. The molecule has 0 bridgehead atoms. The second kappa shape index (κ2) is 6.52. The van der Waals surface area contributed by atoms with E-state index in [9.17, 15) is 10.1 Å². The Hall–Kier alpha value is -2.17. The van der Waals surface area contributed by atoms with Crippen molar-refractivity contribution in [3.05, 3.63) is 40.1 Å². The number of hydrogen-bond donors (Lipinski definition) is 1. The van der Waals surface area contributed by atoms with Crippen LogP contribution in [0.15, 0.2) is 24.3 Å². The number of hydrogen-bond acceptors (Lipinski definition) is 4. The molecule has 0 radical (unpaired) electrons. The topological polar surface area (TPSA) is 68.1 Å². The minimum absolute atomic E-state index is 0.0970. The minimum atomic E-state index is -0.369. The Morgan fingerprint density at radius 2 is 2.10 bits per heavy atom. The van der Waals surface area contributed by atoms with Crippen LogP contribution in [0.4, 0.5) is 11.4 Å². The Bertz CT molecular complexity index is 655. The van der Waals surface area contributed by atoms with Crippen LogP contribution in [0.2, 0.25) is 0 Å². The monoisotopic (exact) mass is 287 g/mol. The van der Waals surface area contributed by atoms with Gasteiger partial charge in [-0.25, -0.2) is 0 Å². The van der Waals surface area contributed by atoms with Crippen molar-refractivity contribution in [2.75, 3.05) is 5.32 Å². The molecule has 2 rings (SSSR count). The Labute approximate surface area is 124 Å². The van der Waals surface area contributed by atoms with Crippen LogP contribution < -0.4 is 5.32 Å². The van der Waals surface area contributed by atoms with E-state index in [1.54, 1.807) is 12.1 Å². The molecular formula is C16H21N3O2. The molecule has 2 aromatic rings. The maximum absolute atomic E-state index is 11.0. The maximum Gasteiger partial charge on any atom is 0.270 e. The van der Waals surface area contributed by atoms with Crippen molar-refractivity contribution in [2.24, 2.45) is 0 Å². The summed E-state index contributed by atoms with van der Waals surface area (Å²) in [5, 5.41) is 15.3. The zero-order valence-corrected chi connectivity index (χ0v) is 12.7. The van der Waals surface area contributed by atoms with Gasteiger partial charge < -0.3 is 5.32 Å². The Morgan fingerprint density at radius 1 is 1.33 bits per heavy atom. The van der Waals surface area contributed by atoms with Crippen molar-refractivity contribution in [1.82, 2.24) is 4.98 Å². The summed E-state index contributed by atoms with van der Waals surface area (Å²) in [6.45, 7) is 6.24. The number of nitrogens with one attached hydrogen (secondary N) is 1. The van der Waals surface area contributed by atoms with E-state index in [1.807, 2.05) is 13.0 Å². The molecule has 0 fully saturated rings. The Balaban J connectivity index is 2.49. The first-order valence-corrected chi connectivity index (χ1v) is 7.37. The number of anilines is 1. The number of aryl methyl sites for hydroxylation is 1. The molecule has 1 unspecified atom stereocenters. The van der Waals surface area contributed by atoms with E-state index in [0.29, 0.717) is 6.04 Å². The van der Waals surface area contributed by atoms with E-state index in [0.717, 1.165) is 41.5 Å². The van der Waals surface area contributed by atoms with Crippen LogP contribution in [-0.2, 0) is 0 Å². The van der Waals surface area contributed by atoms with Gasteiger partial charge >= 0.3 is 0 Å². The van der Waals surface area contributed by atoms with Crippen LogP contribution in [0, 0.1) is 17.0 Å². The molecule has 0 spiro atoms. The standard InChI is InChI=1S/C16H21N3O2/c1-4-6-12(5-2)18-16-9-11(3)17-15-8-7-13(19(20)21)10-14(15)16/h7-10,12H,4-6H2,1-3H3,(H,17,18). The van der Waals surface area contributed by atoms with E-state index in [1.165, 1.54) is 6.07 Å². The van der Waals surface area contributed by atoms with Gasteiger partial charge in [-0.15, -0.1) is 0 Å². The van der Waals surface area contributed by atoms with Crippen LogP contribution in [0.5, 0.6) is 0 Å². The molecule has 0 aliphatic heterocycles. The lowest BCUT2D eigenvalue weighted by Gasteiger charge is -2.19. The SMILES string of the molecule is CCCC(CC)Nc1cc(C)nc2ccc([N+](=O)[O-])cc12. The lowest BCUT2D eigenvalue weighted by atomic mass is 10.1. The number of rotatable bonds is 6. The molecule has 0 amide bonds. The van der Waals surface area contributed by atoms with Crippen molar-refractivity contribution in [1.29, 1.82) is 0 Å². The van der Waals surface area contributed by atoms with Crippen molar-refractivity contribution < 1.29 is 4.92 Å². The van der Waals surface area contributed by atoms with Crippen LogP contribution in [0.3, 0.4) is 0 Å². The molecule has 1 atom stereocenters. The third-order valence-electron chi connectivity index (χ3n) is 3.62. The molecule has 0 saturated heterocycles. The minimum Gasteiger partial charge on any atom is -0.382 e. The molecule has 0 aliphatic rings. The summed E-state index contributed by atoms with van der Waals surface area (Å²) in [4.78, 5) is 15.1. The quantitative estimate of drug-likeness (QED) is 0.630. The number of nitrogens with zero attached hydrogens (tertiary/aromatic N) is 2. The van der Waals surface area contributed by atoms with Crippen LogP contribution in [0.25, 0.3) is 10.9 Å². The fraction of sp³-hybridized carbons (Fsp3) is 0.438. The molecule has 112 valence electrons. The van der Waals surface area contributed by atoms with Gasteiger partial charge in [0.1, 0.15) is 0 Å². The number of fused-ring (bicyclic) bond motifs is 1. The summed E-state index contributed by atoms with van der Waals surface area (Å²) in [5.41, 5.74) is 2.72. The normalized spacial score (nSPS) is 12.3. The molecule has 1 aromatic carbocycles. The Kier molecular flexibility index (Phi) is 4.73. The molecule has 1 aromatic heterocycles. The smallest absolute Gasteiger partial charge is 0.270 e. The highest BCUT2D eigenvalue weighted by molar-refractivity contribution is 5.93. The molecule has 21 heavy (non-hydrogen) atoms. The summed E-state index contributed by atoms with van der Waals surface area (Å²) >= 11 is 0. The number of nitro benzene ring substituents is 1. The highest BCUT2D eigenvalue weighted by Gasteiger charge is 2.13. The lowest BCUT2D eigenvalue weighted by molar-refractivity contribution is -0.384. The van der Waals surface area contributed by atoms with Gasteiger partial charge in [0.15, 0.2) is 0 Å². The zero-order chi connectivity index (χ0) is 15.4. The van der Waals surface area contributed by atoms with E-state index in [4.69, 9.17) is 0 Å². The number of nitro groups is 1. The molecule has 0 aliphatic carbocycles. The second-order valence-corrected chi connectivity index (χ2v) is 5.31. The van der Waals surface area contributed by atoms with Gasteiger partial charge in [0.05, 0.1) is 10.4 Å². The fourth-order valence-corrected chi connectivity index (χ4v) is 2.53. The average Bonchev–Trinajstić information content (AvgIpc) is 2.46. The van der Waals surface area contributed by atoms with Crippen LogP contribution in [-0.4, -0.2) is 15.9 Å². The predicted molar refractivity (Wildman–Crippen MR) is 85.7 cm³/mol. The van der Waals surface area contributed by atoms with Gasteiger partial charge in [-0.1, -0.05) is 20.3 Å². The maximum atomic E-state index is 11.0. The molecular weight excluding hydrogens is 266 g/mol. The molecule has 1 heterocycles. The van der Waals surface area contributed by atoms with E-state index >= 15 is 0 Å². The van der Waals surface area contributed by atoms with Gasteiger partial charge in [0.2, 0.25) is 0 Å². The summed E-state index contributed by atoms with van der Waals surface area (Å²) in [6.07, 6.45) is 3.20.